The van der Waals surface area contributed by atoms with Crippen LogP contribution in [0.15, 0.2) is 89.8 Å². The molecule has 4 aromatic rings. The van der Waals surface area contributed by atoms with Gasteiger partial charge in [-0.05, 0) is 43.2 Å². The molecule has 0 aliphatic carbocycles. The van der Waals surface area contributed by atoms with Crippen molar-refractivity contribution in [2.45, 2.75) is 24.8 Å². The molecule has 0 amide bonds. The monoisotopic (exact) mass is 457 g/mol. The number of hydrogen-bond donors (Lipinski definition) is 2. The van der Waals surface area contributed by atoms with Crippen molar-refractivity contribution in [3.8, 4) is 0 Å². The zero-order chi connectivity index (χ0) is 23.0. The van der Waals surface area contributed by atoms with Crippen LogP contribution < -0.4 is 10.0 Å². The van der Waals surface area contributed by atoms with Gasteiger partial charge in [0.05, 0.1) is 4.90 Å². The molecule has 0 saturated carbocycles. The molecular formula is C25H23N5O2S. The first-order chi connectivity index (χ1) is 15.9. The topological polar surface area (TPSA) is 88.9 Å². The highest BCUT2D eigenvalue weighted by Gasteiger charge is 2.27. The van der Waals surface area contributed by atoms with E-state index in [0.29, 0.717) is 5.95 Å². The zero-order valence-electron chi connectivity index (χ0n) is 18.2. The van der Waals surface area contributed by atoms with Crippen molar-refractivity contribution in [3.05, 3.63) is 107 Å². The van der Waals surface area contributed by atoms with E-state index >= 15 is 0 Å². The molecule has 1 atom stereocenters. The number of fused-ring (bicyclic) bond motifs is 1. The van der Waals surface area contributed by atoms with Crippen molar-refractivity contribution in [2.24, 2.45) is 0 Å². The number of anilines is 2. The van der Waals surface area contributed by atoms with E-state index in [9.17, 15) is 8.42 Å². The normalized spacial score (nSPS) is 15.3. The molecule has 0 fully saturated rings. The van der Waals surface area contributed by atoms with Gasteiger partial charge in [0.2, 0.25) is 5.95 Å². The lowest BCUT2D eigenvalue weighted by molar-refractivity contribution is 0.598. The number of hydrogen-bond acceptors (Lipinski definition) is 5. The van der Waals surface area contributed by atoms with Crippen molar-refractivity contribution in [1.29, 1.82) is 0 Å². The van der Waals surface area contributed by atoms with Gasteiger partial charge >= 0.3 is 0 Å². The van der Waals surface area contributed by atoms with E-state index in [4.69, 9.17) is 0 Å². The summed E-state index contributed by atoms with van der Waals surface area (Å²) in [5.74, 6) is 0.473. The van der Waals surface area contributed by atoms with Crippen molar-refractivity contribution in [2.75, 3.05) is 10.0 Å². The molecule has 1 unspecified atom stereocenters. The molecule has 5 rings (SSSR count). The Morgan fingerprint density at radius 2 is 1.52 bits per heavy atom. The predicted molar refractivity (Wildman–Crippen MR) is 129 cm³/mol. The van der Waals surface area contributed by atoms with Gasteiger partial charge in [0, 0.05) is 5.70 Å². The van der Waals surface area contributed by atoms with Crippen LogP contribution in [0.5, 0.6) is 0 Å². The molecular weight excluding hydrogens is 434 g/mol. The summed E-state index contributed by atoms with van der Waals surface area (Å²) >= 11 is 0. The molecule has 0 saturated heterocycles. The maximum atomic E-state index is 12.9. The summed E-state index contributed by atoms with van der Waals surface area (Å²) in [7, 11) is -3.82. The fourth-order valence-corrected chi connectivity index (χ4v) is 4.66. The van der Waals surface area contributed by atoms with Gasteiger partial charge in [0.25, 0.3) is 16.0 Å². The Morgan fingerprint density at radius 1 is 0.879 bits per heavy atom. The number of aryl methyl sites for hydroxylation is 2. The second-order valence-corrected chi connectivity index (χ2v) is 9.73. The number of benzene rings is 3. The van der Waals surface area contributed by atoms with Crippen LogP contribution in [0.1, 0.15) is 28.3 Å². The lowest BCUT2D eigenvalue weighted by atomic mass is 10.0. The Morgan fingerprint density at radius 3 is 2.18 bits per heavy atom. The van der Waals surface area contributed by atoms with E-state index in [1.54, 1.807) is 28.9 Å². The highest BCUT2D eigenvalue weighted by atomic mass is 32.2. The van der Waals surface area contributed by atoms with Crippen LogP contribution in [0, 0.1) is 13.8 Å². The molecule has 8 heteroatoms. The van der Waals surface area contributed by atoms with E-state index in [2.05, 4.69) is 38.3 Å². The van der Waals surface area contributed by atoms with E-state index in [0.717, 1.165) is 22.4 Å². The Hall–Kier alpha value is -3.91. The second-order valence-electron chi connectivity index (χ2n) is 8.05. The third-order valence-electron chi connectivity index (χ3n) is 5.53. The largest absolute Gasteiger partial charge is 0.324 e. The van der Waals surface area contributed by atoms with Crippen LogP contribution in [0.4, 0.5) is 11.9 Å². The first kappa shape index (κ1) is 21.0. The summed E-state index contributed by atoms with van der Waals surface area (Å²) in [4.78, 5) is 4.62. The summed E-state index contributed by atoms with van der Waals surface area (Å²) in [6, 6.07) is 24.5. The van der Waals surface area contributed by atoms with Gasteiger partial charge in [0.15, 0.2) is 0 Å². The van der Waals surface area contributed by atoms with Gasteiger partial charge in [-0.2, -0.15) is 4.98 Å². The molecule has 1 aliphatic rings. The van der Waals surface area contributed by atoms with Crippen molar-refractivity contribution in [3.63, 3.8) is 0 Å². The molecule has 33 heavy (non-hydrogen) atoms. The second kappa shape index (κ2) is 8.22. The quantitative estimate of drug-likeness (QED) is 0.451. The number of rotatable bonds is 5. The first-order valence-electron chi connectivity index (χ1n) is 10.6. The summed E-state index contributed by atoms with van der Waals surface area (Å²) in [5, 5.41) is 7.79. The molecule has 0 bridgehead atoms. The van der Waals surface area contributed by atoms with Crippen LogP contribution in [-0.4, -0.2) is 23.2 Å². The first-order valence-corrected chi connectivity index (χ1v) is 12.0. The maximum Gasteiger partial charge on any atom is 0.264 e. The van der Waals surface area contributed by atoms with E-state index in [-0.39, 0.29) is 16.9 Å². The highest BCUT2D eigenvalue weighted by Crippen LogP contribution is 2.33. The lowest BCUT2D eigenvalue weighted by Crippen LogP contribution is -2.20. The lowest BCUT2D eigenvalue weighted by Gasteiger charge is -2.24. The fraction of sp³-hybridized carbons (Fsp3) is 0.120. The molecule has 7 nitrogen and oxygen atoms in total. The molecule has 2 heterocycles. The molecule has 2 N–H and O–H groups in total. The number of nitrogens with zero attached hydrogens (tertiary/aromatic N) is 3. The predicted octanol–water partition coefficient (Wildman–Crippen LogP) is 4.75. The smallest absolute Gasteiger partial charge is 0.264 e. The summed E-state index contributed by atoms with van der Waals surface area (Å²) in [6.07, 6.45) is 2.07. The minimum absolute atomic E-state index is 0.0116. The number of aromatic nitrogens is 3. The van der Waals surface area contributed by atoms with Crippen LogP contribution in [-0.2, 0) is 10.0 Å². The molecule has 1 aliphatic heterocycles. The van der Waals surface area contributed by atoms with Crippen LogP contribution in [0.25, 0.3) is 5.70 Å². The minimum Gasteiger partial charge on any atom is -0.324 e. The van der Waals surface area contributed by atoms with Crippen molar-refractivity contribution >= 4 is 27.6 Å². The number of nitrogens with one attached hydrogen (secondary N) is 2. The Kier molecular flexibility index (Phi) is 5.22. The summed E-state index contributed by atoms with van der Waals surface area (Å²) in [5.41, 5.74) is 5.07. The van der Waals surface area contributed by atoms with Crippen molar-refractivity contribution in [1.82, 2.24) is 14.8 Å². The van der Waals surface area contributed by atoms with E-state index in [1.165, 1.54) is 5.56 Å². The standard InChI is InChI=1S/C25H23N5O2S/c1-17-8-12-19(13-9-17)22-16-23(20-6-4-3-5-7-20)30-25(26-22)27-24(28-30)29-33(31,32)21-14-10-18(2)11-15-21/h3-16,23H,1-2H3,(H2,26,27,28,29). The molecule has 0 radical (unpaired) electrons. The maximum absolute atomic E-state index is 12.9. The highest BCUT2D eigenvalue weighted by molar-refractivity contribution is 7.92. The Bertz CT molecular complexity index is 1420. The van der Waals surface area contributed by atoms with Crippen LogP contribution in [0.2, 0.25) is 0 Å². The average Bonchev–Trinajstić information content (AvgIpc) is 3.21. The fourth-order valence-electron chi connectivity index (χ4n) is 3.72. The number of allylic oxidation sites excluding steroid dienone is 1. The van der Waals surface area contributed by atoms with E-state index < -0.39 is 10.0 Å². The van der Waals surface area contributed by atoms with Crippen molar-refractivity contribution < 1.29 is 8.42 Å². The minimum atomic E-state index is -3.82. The zero-order valence-corrected chi connectivity index (χ0v) is 19.0. The Balaban J connectivity index is 1.52. The average molecular weight is 458 g/mol. The Labute approximate surface area is 192 Å². The van der Waals surface area contributed by atoms with Gasteiger partial charge in [0.1, 0.15) is 6.04 Å². The molecule has 1 aromatic heterocycles. The third-order valence-corrected chi connectivity index (χ3v) is 6.87. The van der Waals surface area contributed by atoms with Gasteiger partial charge < -0.3 is 5.32 Å². The summed E-state index contributed by atoms with van der Waals surface area (Å²) < 4.78 is 29.9. The van der Waals surface area contributed by atoms with Crippen LogP contribution >= 0.6 is 0 Å². The molecule has 3 aromatic carbocycles. The number of sulfonamides is 1. The van der Waals surface area contributed by atoms with E-state index in [1.807, 2.05) is 56.3 Å². The van der Waals surface area contributed by atoms with Gasteiger partial charge in [-0.15, -0.1) is 5.10 Å². The third kappa shape index (κ3) is 4.25. The summed E-state index contributed by atoms with van der Waals surface area (Å²) in [6.45, 7) is 3.95. The molecule has 166 valence electrons. The van der Waals surface area contributed by atoms with Gasteiger partial charge in [-0.1, -0.05) is 77.9 Å². The molecule has 0 spiro atoms. The van der Waals surface area contributed by atoms with Gasteiger partial charge in [-0.3, -0.25) is 0 Å². The van der Waals surface area contributed by atoms with Crippen LogP contribution in [0.3, 0.4) is 0 Å². The van der Waals surface area contributed by atoms with Gasteiger partial charge in [-0.25, -0.2) is 17.8 Å². The SMILES string of the molecule is Cc1ccc(C2=CC(c3ccccc3)n3nc(NS(=O)(=O)c4ccc(C)cc4)nc3N2)cc1.